The number of aryl methyl sites for hydroxylation is 1. The third-order valence-corrected chi connectivity index (χ3v) is 3.19. The Morgan fingerprint density at radius 2 is 2.11 bits per heavy atom. The minimum absolute atomic E-state index is 0.118. The number of fused-ring (bicyclic) bond motifs is 1. The lowest BCUT2D eigenvalue weighted by molar-refractivity contribution is -0.118. The summed E-state index contributed by atoms with van der Waals surface area (Å²) < 4.78 is 1.91. The molecule has 2 aromatic rings. The van der Waals surface area contributed by atoms with Crippen LogP contribution in [0.1, 0.15) is 43.2 Å². The van der Waals surface area contributed by atoms with Gasteiger partial charge in [0.05, 0.1) is 5.38 Å². The molecule has 19 heavy (non-hydrogen) atoms. The van der Waals surface area contributed by atoms with E-state index in [1.807, 2.05) is 37.5 Å². The fourth-order valence-corrected chi connectivity index (χ4v) is 2.34. The predicted octanol–water partition coefficient (Wildman–Crippen LogP) is 2.48. The Kier molecular flexibility index (Phi) is 3.75. The molecule has 0 fully saturated rings. The molecule has 0 aromatic carbocycles. The number of carbonyl (C=O) groups excluding carboxylic acids is 1. The first-order valence-corrected chi connectivity index (χ1v) is 6.61. The molecule has 2 aromatic heterocycles. The SMILES string of the molecule is Cc1ccc2nc(C(C)Cl)n(C(C)CC(N)=O)c2n1. The van der Waals surface area contributed by atoms with Gasteiger partial charge in [0.2, 0.25) is 5.91 Å². The summed E-state index contributed by atoms with van der Waals surface area (Å²) in [6, 6.07) is 3.70. The fourth-order valence-electron chi connectivity index (χ4n) is 2.18. The molecule has 102 valence electrons. The third kappa shape index (κ3) is 2.71. The Morgan fingerprint density at radius 3 is 2.68 bits per heavy atom. The number of hydrogen-bond acceptors (Lipinski definition) is 3. The molecule has 2 atom stereocenters. The molecule has 0 aliphatic carbocycles. The molecular weight excluding hydrogens is 264 g/mol. The first-order valence-electron chi connectivity index (χ1n) is 6.18. The molecule has 0 aliphatic heterocycles. The second kappa shape index (κ2) is 5.17. The molecule has 0 saturated heterocycles. The molecule has 2 unspecified atom stereocenters. The van der Waals surface area contributed by atoms with Crippen molar-refractivity contribution in [3.05, 3.63) is 23.7 Å². The van der Waals surface area contributed by atoms with E-state index in [0.717, 1.165) is 16.9 Å². The molecule has 0 aliphatic rings. The maximum absolute atomic E-state index is 11.1. The summed E-state index contributed by atoms with van der Waals surface area (Å²) in [4.78, 5) is 20.1. The van der Waals surface area contributed by atoms with Gasteiger partial charge in [0.1, 0.15) is 11.3 Å². The highest BCUT2D eigenvalue weighted by Gasteiger charge is 2.21. The monoisotopic (exact) mass is 280 g/mol. The number of aromatic nitrogens is 3. The average Bonchev–Trinajstić information content (AvgIpc) is 2.66. The van der Waals surface area contributed by atoms with Crippen LogP contribution in [0.4, 0.5) is 0 Å². The van der Waals surface area contributed by atoms with Crippen molar-refractivity contribution in [1.29, 1.82) is 0 Å². The van der Waals surface area contributed by atoms with Crippen molar-refractivity contribution >= 4 is 28.7 Å². The third-order valence-electron chi connectivity index (χ3n) is 3.00. The van der Waals surface area contributed by atoms with Crippen molar-refractivity contribution in [3.63, 3.8) is 0 Å². The topological polar surface area (TPSA) is 73.8 Å². The fraction of sp³-hybridized carbons (Fsp3) is 0.462. The number of amides is 1. The van der Waals surface area contributed by atoms with Crippen LogP contribution in [0.5, 0.6) is 0 Å². The summed E-state index contributed by atoms with van der Waals surface area (Å²) >= 11 is 6.17. The highest BCUT2D eigenvalue weighted by Crippen LogP contribution is 2.28. The van der Waals surface area contributed by atoms with Gasteiger partial charge in [-0.15, -0.1) is 11.6 Å². The van der Waals surface area contributed by atoms with Crippen LogP contribution in [0.25, 0.3) is 11.2 Å². The molecule has 2 heterocycles. The molecule has 0 bridgehead atoms. The molecule has 0 saturated carbocycles. The van der Waals surface area contributed by atoms with Gasteiger partial charge in [0.25, 0.3) is 0 Å². The van der Waals surface area contributed by atoms with E-state index in [1.54, 1.807) is 0 Å². The lowest BCUT2D eigenvalue weighted by Crippen LogP contribution is -2.19. The van der Waals surface area contributed by atoms with Gasteiger partial charge in [-0.25, -0.2) is 9.97 Å². The summed E-state index contributed by atoms with van der Waals surface area (Å²) in [6.07, 6.45) is 0.234. The molecule has 5 nitrogen and oxygen atoms in total. The molecular formula is C13H17ClN4O. The Morgan fingerprint density at radius 1 is 1.42 bits per heavy atom. The quantitative estimate of drug-likeness (QED) is 0.874. The van der Waals surface area contributed by atoms with Gasteiger partial charge in [-0.3, -0.25) is 4.79 Å². The lowest BCUT2D eigenvalue weighted by Gasteiger charge is -2.16. The van der Waals surface area contributed by atoms with Crippen LogP contribution in [0.2, 0.25) is 0 Å². The Bertz CT molecular complexity index is 620. The molecule has 1 amide bonds. The van der Waals surface area contributed by atoms with E-state index in [-0.39, 0.29) is 23.7 Å². The first-order chi connectivity index (χ1) is 8.90. The number of pyridine rings is 1. The van der Waals surface area contributed by atoms with E-state index in [9.17, 15) is 4.79 Å². The predicted molar refractivity (Wildman–Crippen MR) is 75.1 cm³/mol. The largest absolute Gasteiger partial charge is 0.370 e. The summed E-state index contributed by atoms with van der Waals surface area (Å²) in [5.41, 5.74) is 7.70. The minimum Gasteiger partial charge on any atom is -0.370 e. The molecule has 0 spiro atoms. The second-order valence-corrected chi connectivity index (χ2v) is 5.43. The second-order valence-electron chi connectivity index (χ2n) is 4.77. The minimum atomic E-state index is -0.352. The van der Waals surface area contributed by atoms with E-state index in [4.69, 9.17) is 17.3 Å². The van der Waals surface area contributed by atoms with Gasteiger partial charge in [-0.1, -0.05) is 0 Å². The Balaban J connectivity index is 2.63. The normalized spacial score (nSPS) is 14.5. The van der Waals surface area contributed by atoms with E-state index in [1.165, 1.54) is 0 Å². The summed E-state index contributed by atoms with van der Waals surface area (Å²) in [7, 11) is 0. The Hall–Kier alpha value is -1.62. The van der Waals surface area contributed by atoms with Gasteiger partial charge in [-0.2, -0.15) is 0 Å². The Labute approximate surface area is 116 Å². The van der Waals surface area contributed by atoms with Gasteiger partial charge < -0.3 is 10.3 Å². The zero-order chi connectivity index (χ0) is 14.2. The number of nitrogens with two attached hydrogens (primary N) is 1. The van der Waals surface area contributed by atoms with E-state index in [2.05, 4.69) is 9.97 Å². The van der Waals surface area contributed by atoms with Crippen molar-refractivity contribution in [1.82, 2.24) is 14.5 Å². The number of hydrogen-bond donors (Lipinski definition) is 1. The van der Waals surface area contributed by atoms with Gasteiger partial charge >= 0.3 is 0 Å². The standard InChI is InChI=1S/C13H17ClN4O/c1-7-4-5-10-13(16-7)18(8(2)6-11(15)19)12(17-10)9(3)14/h4-5,8-9H,6H2,1-3H3,(H2,15,19). The van der Waals surface area contributed by atoms with Crippen LogP contribution in [-0.2, 0) is 4.79 Å². The lowest BCUT2D eigenvalue weighted by atomic mass is 10.2. The van der Waals surface area contributed by atoms with Crippen molar-refractivity contribution in [3.8, 4) is 0 Å². The van der Waals surface area contributed by atoms with Crippen molar-refractivity contribution < 1.29 is 4.79 Å². The van der Waals surface area contributed by atoms with Crippen LogP contribution in [0.3, 0.4) is 0 Å². The maximum Gasteiger partial charge on any atom is 0.219 e. The number of carbonyl (C=O) groups is 1. The van der Waals surface area contributed by atoms with Gasteiger partial charge in [0, 0.05) is 18.2 Å². The van der Waals surface area contributed by atoms with Gasteiger partial charge in [0.15, 0.2) is 5.65 Å². The number of nitrogens with zero attached hydrogens (tertiary/aromatic N) is 3. The zero-order valence-corrected chi connectivity index (χ0v) is 12.0. The number of primary amides is 1. The molecule has 2 N–H and O–H groups in total. The van der Waals surface area contributed by atoms with Crippen molar-refractivity contribution in [2.75, 3.05) is 0 Å². The van der Waals surface area contributed by atoms with Crippen LogP contribution < -0.4 is 5.73 Å². The number of alkyl halides is 1. The van der Waals surface area contributed by atoms with E-state index in [0.29, 0.717) is 5.82 Å². The molecule has 0 radical (unpaired) electrons. The summed E-state index contributed by atoms with van der Waals surface area (Å²) in [6.45, 7) is 5.68. The average molecular weight is 281 g/mol. The number of rotatable bonds is 4. The molecule has 2 rings (SSSR count). The molecule has 6 heteroatoms. The first kappa shape index (κ1) is 13.8. The van der Waals surface area contributed by atoms with Crippen LogP contribution >= 0.6 is 11.6 Å². The smallest absolute Gasteiger partial charge is 0.219 e. The van der Waals surface area contributed by atoms with Crippen LogP contribution in [-0.4, -0.2) is 20.4 Å². The highest BCUT2D eigenvalue weighted by atomic mass is 35.5. The van der Waals surface area contributed by atoms with Crippen LogP contribution in [0, 0.1) is 6.92 Å². The van der Waals surface area contributed by atoms with Gasteiger partial charge in [-0.05, 0) is 32.9 Å². The number of imidazole rings is 1. The number of halogens is 1. The van der Waals surface area contributed by atoms with Crippen molar-refractivity contribution in [2.24, 2.45) is 5.73 Å². The summed E-state index contributed by atoms with van der Waals surface area (Å²) in [5, 5.41) is -0.259. The maximum atomic E-state index is 11.1. The van der Waals surface area contributed by atoms with Crippen LogP contribution in [0.15, 0.2) is 12.1 Å². The zero-order valence-electron chi connectivity index (χ0n) is 11.2. The van der Waals surface area contributed by atoms with Crippen molar-refractivity contribution in [2.45, 2.75) is 38.6 Å². The van der Waals surface area contributed by atoms with E-state index >= 15 is 0 Å². The van der Waals surface area contributed by atoms with E-state index < -0.39 is 0 Å². The highest BCUT2D eigenvalue weighted by molar-refractivity contribution is 6.20. The summed E-state index contributed by atoms with van der Waals surface area (Å²) in [5.74, 6) is 0.360.